The number of rotatable bonds is 4. The molecule has 1 aromatic rings. The first-order valence-electron chi connectivity index (χ1n) is 8.07. The van der Waals surface area contributed by atoms with E-state index in [1.807, 2.05) is 11.8 Å². The van der Waals surface area contributed by atoms with Crippen LogP contribution in [0.2, 0.25) is 0 Å². The molecule has 0 radical (unpaired) electrons. The van der Waals surface area contributed by atoms with E-state index in [0.717, 1.165) is 42.9 Å². The van der Waals surface area contributed by atoms with E-state index in [1.165, 1.54) is 19.3 Å². The summed E-state index contributed by atoms with van der Waals surface area (Å²) in [5.41, 5.74) is 1.05. The molecule has 0 spiro atoms. The van der Waals surface area contributed by atoms with Gasteiger partial charge in [-0.15, -0.1) is 11.3 Å². The molecule has 1 amide bonds. The van der Waals surface area contributed by atoms with E-state index in [0.29, 0.717) is 6.10 Å². The van der Waals surface area contributed by atoms with Crippen molar-refractivity contribution in [2.24, 2.45) is 0 Å². The second-order valence-corrected chi connectivity index (χ2v) is 7.03. The van der Waals surface area contributed by atoms with Crippen molar-refractivity contribution < 1.29 is 9.53 Å². The number of likely N-dealkylation sites (tertiary alicyclic amines) is 1. The maximum absolute atomic E-state index is 12.5. The zero-order chi connectivity index (χ0) is 14.7. The monoisotopic (exact) mass is 308 g/mol. The molecule has 1 saturated heterocycles. The number of carbonyl (C=O) groups is 1. The van der Waals surface area contributed by atoms with Crippen LogP contribution in [-0.2, 0) is 9.53 Å². The molecule has 116 valence electrons. The maximum Gasteiger partial charge on any atom is 0.249 e. The van der Waals surface area contributed by atoms with Gasteiger partial charge in [0.2, 0.25) is 5.91 Å². The van der Waals surface area contributed by atoms with Gasteiger partial charge in [0.15, 0.2) is 0 Å². The third-order valence-corrected chi connectivity index (χ3v) is 5.55. The fourth-order valence-corrected chi connectivity index (χ4v) is 4.28. The van der Waals surface area contributed by atoms with Crippen molar-refractivity contribution in [3.05, 3.63) is 16.1 Å². The Kier molecular flexibility index (Phi) is 4.91. The molecule has 2 aliphatic rings. The van der Waals surface area contributed by atoms with Gasteiger partial charge in [-0.3, -0.25) is 4.79 Å². The molecule has 1 aromatic heterocycles. The third kappa shape index (κ3) is 3.64. The Labute approximate surface area is 130 Å². The normalized spacial score (nSPS) is 23.7. The average molecular weight is 308 g/mol. The van der Waals surface area contributed by atoms with Crippen LogP contribution in [0, 0.1) is 6.92 Å². The topological polar surface area (TPSA) is 42.4 Å². The van der Waals surface area contributed by atoms with Gasteiger partial charge in [-0.05, 0) is 39.0 Å². The Hall–Kier alpha value is -0.940. The van der Waals surface area contributed by atoms with Gasteiger partial charge in [0.05, 0.1) is 12.1 Å². The number of hydrogen-bond acceptors (Lipinski definition) is 4. The second kappa shape index (κ2) is 6.88. The standard InChI is InChI=1S/C16H24N2O2S/c1-12-11-21-16(17-12)14-8-4-5-9-18(14)15(19)10-20-13-6-2-3-7-13/h11,13-14H,2-10H2,1H3/t14-/m0/s1. The van der Waals surface area contributed by atoms with Crippen molar-refractivity contribution in [1.29, 1.82) is 0 Å². The molecular formula is C16H24N2O2S. The number of carbonyl (C=O) groups excluding carboxylic acids is 1. The summed E-state index contributed by atoms with van der Waals surface area (Å²) in [6.45, 7) is 3.10. The number of aryl methyl sites for hydroxylation is 1. The Morgan fingerprint density at radius 2 is 2.10 bits per heavy atom. The molecule has 1 aliphatic carbocycles. The highest BCUT2D eigenvalue weighted by molar-refractivity contribution is 7.09. The molecule has 2 heterocycles. The number of thiazole rings is 1. The Bertz CT molecular complexity index is 482. The van der Waals surface area contributed by atoms with Crippen molar-refractivity contribution in [3.8, 4) is 0 Å². The molecule has 0 bridgehead atoms. The van der Waals surface area contributed by atoms with Crippen LogP contribution in [0.3, 0.4) is 0 Å². The number of piperidine rings is 1. The van der Waals surface area contributed by atoms with E-state index in [-0.39, 0.29) is 18.6 Å². The highest BCUT2D eigenvalue weighted by atomic mass is 32.1. The number of amides is 1. The molecule has 21 heavy (non-hydrogen) atoms. The minimum Gasteiger partial charge on any atom is -0.368 e. The minimum atomic E-state index is 0.138. The third-order valence-electron chi connectivity index (χ3n) is 4.49. The molecule has 0 aromatic carbocycles. The van der Waals surface area contributed by atoms with Gasteiger partial charge < -0.3 is 9.64 Å². The molecule has 2 fully saturated rings. The smallest absolute Gasteiger partial charge is 0.249 e. The van der Waals surface area contributed by atoms with Crippen LogP contribution >= 0.6 is 11.3 Å². The first kappa shape index (κ1) is 15.0. The zero-order valence-corrected chi connectivity index (χ0v) is 13.5. The van der Waals surface area contributed by atoms with Crippen LogP contribution < -0.4 is 0 Å². The molecule has 0 N–H and O–H groups in total. The SMILES string of the molecule is Cc1csc([C@@H]2CCCCN2C(=O)COC2CCCC2)n1. The molecular weight excluding hydrogens is 284 g/mol. The number of aromatic nitrogens is 1. The maximum atomic E-state index is 12.5. The van der Waals surface area contributed by atoms with Crippen LogP contribution in [0.15, 0.2) is 5.38 Å². The van der Waals surface area contributed by atoms with Crippen LogP contribution in [0.1, 0.15) is 61.7 Å². The highest BCUT2D eigenvalue weighted by Gasteiger charge is 2.30. The van der Waals surface area contributed by atoms with E-state index < -0.39 is 0 Å². The van der Waals surface area contributed by atoms with Crippen LogP contribution in [0.5, 0.6) is 0 Å². The van der Waals surface area contributed by atoms with Crippen molar-refractivity contribution in [3.63, 3.8) is 0 Å². The average Bonchev–Trinajstić information content (AvgIpc) is 3.16. The fraction of sp³-hybridized carbons (Fsp3) is 0.750. The summed E-state index contributed by atoms with van der Waals surface area (Å²) in [5.74, 6) is 0.138. The van der Waals surface area contributed by atoms with E-state index >= 15 is 0 Å². The Balaban J connectivity index is 1.61. The number of ether oxygens (including phenoxy) is 1. The summed E-state index contributed by atoms with van der Waals surface area (Å²) in [7, 11) is 0. The summed E-state index contributed by atoms with van der Waals surface area (Å²) in [5, 5.41) is 3.16. The van der Waals surface area contributed by atoms with Gasteiger partial charge in [-0.25, -0.2) is 4.98 Å². The molecule has 0 unspecified atom stereocenters. The summed E-state index contributed by atoms with van der Waals surface area (Å²) < 4.78 is 5.80. The van der Waals surface area contributed by atoms with E-state index in [2.05, 4.69) is 10.4 Å². The molecule has 5 heteroatoms. The first-order chi connectivity index (χ1) is 10.2. The number of nitrogens with zero attached hydrogens (tertiary/aromatic N) is 2. The molecule has 1 saturated carbocycles. The summed E-state index contributed by atoms with van der Waals surface area (Å²) in [4.78, 5) is 19.1. The van der Waals surface area contributed by atoms with Gasteiger partial charge in [0.1, 0.15) is 11.6 Å². The van der Waals surface area contributed by atoms with Gasteiger partial charge in [0, 0.05) is 17.6 Å². The van der Waals surface area contributed by atoms with Crippen LogP contribution in [-0.4, -0.2) is 35.0 Å². The Morgan fingerprint density at radius 1 is 1.33 bits per heavy atom. The van der Waals surface area contributed by atoms with Crippen molar-refractivity contribution in [2.75, 3.05) is 13.2 Å². The molecule has 1 aliphatic heterocycles. The second-order valence-electron chi connectivity index (χ2n) is 6.14. The summed E-state index contributed by atoms with van der Waals surface area (Å²) in [6.07, 6.45) is 8.31. The predicted octanol–water partition coefficient (Wildman–Crippen LogP) is 3.46. The predicted molar refractivity (Wildman–Crippen MR) is 83.4 cm³/mol. The highest BCUT2D eigenvalue weighted by Crippen LogP contribution is 2.33. The lowest BCUT2D eigenvalue weighted by Gasteiger charge is -2.34. The lowest BCUT2D eigenvalue weighted by Crippen LogP contribution is -2.41. The van der Waals surface area contributed by atoms with Crippen molar-refractivity contribution in [1.82, 2.24) is 9.88 Å². The minimum absolute atomic E-state index is 0.138. The quantitative estimate of drug-likeness (QED) is 0.855. The Morgan fingerprint density at radius 3 is 2.81 bits per heavy atom. The van der Waals surface area contributed by atoms with Gasteiger partial charge in [-0.1, -0.05) is 12.8 Å². The molecule has 4 nitrogen and oxygen atoms in total. The van der Waals surface area contributed by atoms with Crippen molar-refractivity contribution >= 4 is 17.2 Å². The van der Waals surface area contributed by atoms with E-state index in [9.17, 15) is 4.79 Å². The lowest BCUT2D eigenvalue weighted by atomic mass is 10.0. The largest absolute Gasteiger partial charge is 0.368 e. The molecule has 3 rings (SSSR count). The fourth-order valence-electron chi connectivity index (χ4n) is 3.34. The zero-order valence-electron chi connectivity index (χ0n) is 12.7. The van der Waals surface area contributed by atoms with Crippen LogP contribution in [0.4, 0.5) is 0 Å². The number of hydrogen-bond donors (Lipinski definition) is 0. The first-order valence-corrected chi connectivity index (χ1v) is 8.95. The van der Waals surface area contributed by atoms with Gasteiger partial charge in [0.25, 0.3) is 0 Å². The van der Waals surface area contributed by atoms with Gasteiger partial charge in [-0.2, -0.15) is 0 Å². The van der Waals surface area contributed by atoms with E-state index in [4.69, 9.17) is 4.74 Å². The van der Waals surface area contributed by atoms with Gasteiger partial charge >= 0.3 is 0 Å². The van der Waals surface area contributed by atoms with Crippen LogP contribution in [0.25, 0.3) is 0 Å². The lowest BCUT2D eigenvalue weighted by molar-refractivity contribution is -0.142. The van der Waals surface area contributed by atoms with Crippen molar-refractivity contribution in [2.45, 2.75) is 64.0 Å². The summed E-state index contributed by atoms with van der Waals surface area (Å²) >= 11 is 1.67. The molecule has 1 atom stereocenters. The van der Waals surface area contributed by atoms with E-state index in [1.54, 1.807) is 11.3 Å². The summed E-state index contributed by atoms with van der Waals surface area (Å²) in [6, 6.07) is 0.164.